The first-order valence-corrected chi connectivity index (χ1v) is 6.56. The summed E-state index contributed by atoms with van der Waals surface area (Å²) in [6.07, 6.45) is 3.71. The van der Waals surface area contributed by atoms with Crippen molar-refractivity contribution in [1.29, 1.82) is 0 Å². The maximum absolute atomic E-state index is 5.65. The van der Waals surface area contributed by atoms with Crippen molar-refractivity contribution in [2.45, 2.75) is 0 Å². The minimum Gasteiger partial charge on any atom is -0.493 e. The van der Waals surface area contributed by atoms with E-state index in [9.17, 15) is 0 Å². The van der Waals surface area contributed by atoms with E-state index in [0.717, 1.165) is 16.7 Å². The fraction of sp³-hybridized carbons (Fsp3) is 0.118. The molecule has 0 amide bonds. The lowest BCUT2D eigenvalue weighted by molar-refractivity contribution is 0.354. The van der Waals surface area contributed by atoms with E-state index in [1.807, 2.05) is 54.6 Å². The number of oxazole rings is 1. The average molecular weight is 281 g/mol. The monoisotopic (exact) mass is 281 g/mol. The van der Waals surface area contributed by atoms with Crippen LogP contribution in [0, 0.1) is 0 Å². The van der Waals surface area contributed by atoms with Gasteiger partial charge in [-0.3, -0.25) is 0 Å². The summed E-state index contributed by atoms with van der Waals surface area (Å²) < 4.78 is 16.3. The molecule has 0 aliphatic rings. The van der Waals surface area contributed by atoms with Gasteiger partial charge in [-0.15, -0.1) is 0 Å². The number of hydrogen-bond acceptors (Lipinski definition) is 4. The summed E-state index contributed by atoms with van der Waals surface area (Å²) in [6.45, 7) is 0. The molecule has 0 spiro atoms. The zero-order chi connectivity index (χ0) is 14.7. The number of fused-ring (bicyclic) bond motifs is 1. The molecule has 0 unspecified atom stereocenters. The molecule has 0 atom stereocenters. The molecule has 1 heterocycles. The summed E-state index contributed by atoms with van der Waals surface area (Å²) in [4.78, 5) is 4.40. The van der Waals surface area contributed by atoms with Crippen LogP contribution in [0.15, 0.2) is 46.9 Å². The lowest BCUT2D eigenvalue weighted by atomic mass is 10.1. The Balaban J connectivity index is 1.95. The van der Waals surface area contributed by atoms with E-state index < -0.39 is 0 Å². The van der Waals surface area contributed by atoms with Crippen LogP contribution in [0.4, 0.5) is 0 Å². The van der Waals surface area contributed by atoms with Gasteiger partial charge < -0.3 is 13.9 Å². The van der Waals surface area contributed by atoms with Gasteiger partial charge in [-0.05, 0) is 24.3 Å². The van der Waals surface area contributed by atoms with Crippen LogP contribution in [0.2, 0.25) is 0 Å². The van der Waals surface area contributed by atoms with Crippen molar-refractivity contribution in [3.63, 3.8) is 0 Å². The van der Waals surface area contributed by atoms with Crippen LogP contribution in [0.1, 0.15) is 11.5 Å². The number of nitrogens with zero attached hydrogens (tertiary/aromatic N) is 1. The molecule has 21 heavy (non-hydrogen) atoms. The molecule has 2 aromatic carbocycles. The fourth-order valence-corrected chi connectivity index (χ4v) is 2.17. The molecule has 0 saturated carbocycles. The van der Waals surface area contributed by atoms with E-state index in [2.05, 4.69) is 4.98 Å². The Labute approximate surface area is 122 Å². The van der Waals surface area contributed by atoms with E-state index in [1.54, 1.807) is 14.2 Å². The average Bonchev–Trinajstić information content (AvgIpc) is 2.95. The molecule has 0 saturated heterocycles. The normalized spacial score (nSPS) is 11.1. The predicted octanol–water partition coefficient (Wildman–Crippen LogP) is 4.02. The zero-order valence-electron chi connectivity index (χ0n) is 11.9. The van der Waals surface area contributed by atoms with Crippen molar-refractivity contribution in [3.05, 3.63) is 53.9 Å². The Bertz CT molecular complexity index is 757. The van der Waals surface area contributed by atoms with Crippen LogP contribution >= 0.6 is 0 Å². The van der Waals surface area contributed by atoms with Gasteiger partial charge in [0.2, 0.25) is 5.89 Å². The minimum atomic E-state index is 0.557. The first kappa shape index (κ1) is 13.2. The molecule has 0 fully saturated rings. The van der Waals surface area contributed by atoms with Crippen molar-refractivity contribution >= 4 is 23.3 Å². The first-order chi connectivity index (χ1) is 10.3. The highest BCUT2D eigenvalue weighted by Crippen LogP contribution is 2.32. The molecular weight excluding hydrogens is 266 g/mol. The summed E-state index contributed by atoms with van der Waals surface area (Å²) in [5, 5.41) is 0. The van der Waals surface area contributed by atoms with Gasteiger partial charge >= 0.3 is 0 Å². The van der Waals surface area contributed by atoms with E-state index in [0.29, 0.717) is 17.4 Å². The Morgan fingerprint density at radius 3 is 2.57 bits per heavy atom. The molecule has 0 radical (unpaired) electrons. The summed E-state index contributed by atoms with van der Waals surface area (Å²) in [5.41, 5.74) is 2.52. The first-order valence-electron chi connectivity index (χ1n) is 6.56. The number of para-hydroxylation sites is 3. The quantitative estimate of drug-likeness (QED) is 0.724. The van der Waals surface area contributed by atoms with Crippen molar-refractivity contribution in [1.82, 2.24) is 4.98 Å². The molecule has 1 aromatic heterocycles. The predicted molar refractivity (Wildman–Crippen MR) is 82.5 cm³/mol. The van der Waals surface area contributed by atoms with E-state index >= 15 is 0 Å². The van der Waals surface area contributed by atoms with Gasteiger partial charge in [0, 0.05) is 11.6 Å². The number of rotatable bonds is 4. The fourth-order valence-electron chi connectivity index (χ4n) is 2.17. The van der Waals surface area contributed by atoms with Crippen molar-refractivity contribution < 1.29 is 13.9 Å². The Kier molecular flexibility index (Phi) is 3.60. The second-order valence-electron chi connectivity index (χ2n) is 4.44. The van der Waals surface area contributed by atoms with Gasteiger partial charge in [0.25, 0.3) is 0 Å². The highest BCUT2D eigenvalue weighted by atomic mass is 16.5. The number of hydrogen-bond donors (Lipinski definition) is 0. The lowest BCUT2D eigenvalue weighted by Gasteiger charge is -2.09. The number of aromatic nitrogens is 1. The minimum absolute atomic E-state index is 0.557. The van der Waals surface area contributed by atoms with Gasteiger partial charge in [-0.1, -0.05) is 24.3 Å². The molecule has 0 aliphatic carbocycles. The summed E-state index contributed by atoms with van der Waals surface area (Å²) in [5.74, 6) is 1.94. The van der Waals surface area contributed by atoms with E-state index in [-0.39, 0.29) is 0 Å². The van der Waals surface area contributed by atoms with Crippen LogP contribution in [0.5, 0.6) is 11.5 Å². The standard InChI is InChI=1S/C17H15NO3/c1-19-15-9-5-6-12(17(15)20-2)10-11-16-18-13-7-3-4-8-14(13)21-16/h3-11H,1-2H3/b11-10+. The molecule has 4 nitrogen and oxygen atoms in total. The lowest BCUT2D eigenvalue weighted by Crippen LogP contribution is -1.92. The zero-order valence-corrected chi connectivity index (χ0v) is 11.9. The number of benzene rings is 2. The largest absolute Gasteiger partial charge is 0.493 e. The van der Waals surface area contributed by atoms with Crippen LogP contribution in [0.25, 0.3) is 23.3 Å². The van der Waals surface area contributed by atoms with Crippen LogP contribution in [-0.2, 0) is 0 Å². The summed E-state index contributed by atoms with van der Waals surface area (Å²) in [6, 6.07) is 13.4. The van der Waals surface area contributed by atoms with E-state index in [1.165, 1.54) is 0 Å². The molecular formula is C17H15NO3. The van der Waals surface area contributed by atoms with Crippen LogP contribution < -0.4 is 9.47 Å². The Morgan fingerprint density at radius 2 is 1.81 bits per heavy atom. The maximum Gasteiger partial charge on any atom is 0.220 e. The number of methoxy groups -OCH3 is 2. The van der Waals surface area contributed by atoms with Gasteiger partial charge in [0.05, 0.1) is 14.2 Å². The molecule has 106 valence electrons. The Morgan fingerprint density at radius 1 is 0.952 bits per heavy atom. The second-order valence-corrected chi connectivity index (χ2v) is 4.44. The van der Waals surface area contributed by atoms with Crippen molar-refractivity contribution in [2.75, 3.05) is 14.2 Å². The van der Waals surface area contributed by atoms with Gasteiger partial charge in [0.1, 0.15) is 5.52 Å². The molecule has 3 rings (SSSR count). The third-order valence-corrected chi connectivity index (χ3v) is 3.15. The van der Waals surface area contributed by atoms with E-state index in [4.69, 9.17) is 13.9 Å². The molecule has 4 heteroatoms. The number of ether oxygens (including phenoxy) is 2. The SMILES string of the molecule is COc1cccc(/C=C/c2nc3ccccc3o2)c1OC. The van der Waals surface area contributed by atoms with Gasteiger partial charge in [-0.25, -0.2) is 4.98 Å². The van der Waals surface area contributed by atoms with Gasteiger partial charge in [-0.2, -0.15) is 0 Å². The topological polar surface area (TPSA) is 44.5 Å². The highest BCUT2D eigenvalue weighted by molar-refractivity contribution is 5.77. The van der Waals surface area contributed by atoms with Crippen LogP contribution in [-0.4, -0.2) is 19.2 Å². The second kappa shape index (κ2) is 5.71. The summed E-state index contributed by atoms with van der Waals surface area (Å²) in [7, 11) is 3.24. The third-order valence-electron chi connectivity index (χ3n) is 3.15. The van der Waals surface area contributed by atoms with Crippen molar-refractivity contribution in [3.8, 4) is 11.5 Å². The summed E-state index contributed by atoms with van der Waals surface area (Å²) >= 11 is 0. The smallest absolute Gasteiger partial charge is 0.220 e. The van der Waals surface area contributed by atoms with Crippen molar-refractivity contribution in [2.24, 2.45) is 0 Å². The maximum atomic E-state index is 5.65. The highest BCUT2D eigenvalue weighted by Gasteiger charge is 2.07. The third kappa shape index (κ3) is 2.60. The van der Waals surface area contributed by atoms with Crippen LogP contribution in [0.3, 0.4) is 0 Å². The molecule has 0 N–H and O–H groups in total. The molecule has 0 bridgehead atoms. The molecule has 0 aliphatic heterocycles. The van der Waals surface area contributed by atoms with Gasteiger partial charge in [0.15, 0.2) is 17.1 Å². The molecule has 3 aromatic rings. The Hall–Kier alpha value is -2.75.